The molecule has 0 N–H and O–H groups in total. The summed E-state index contributed by atoms with van der Waals surface area (Å²) in [6.45, 7) is 5.25. The van der Waals surface area contributed by atoms with E-state index >= 15 is 0 Å². The van der Waals surface area contributed by atoms with Gasteiger partial charge in [-0.25, -0.2) is 9.37 Å². The second kappa shape index (κ2) is 6.92. The second-order valence-electron chi connectivity index (χ2n) is 5.45. The minimum Gasteiger partial charge on any atom is -0.367 e. The molecule has 0 spiro atoms. The Hall–Kier alpha value is -2.20. The molecule has 1 fully saturated rings. The van der Waals surface area contributed by atoms with Crippen molar-refractivity contribution in [3.05, 3.63) is 35.4 Å². The van der Waals surface area contributed by atoms with E-state index in [1.54, 1.807) is 12.1 Å². The maximum Gasteiger partial charge on any atom is 0.205 e. The summed E-state index contributed by atoms with van der Waals surface area (Å²) in [6.07, 6.45) is 1.77. The highest BCUT2D eigenvalue weighted by Crippen LogP contribution is 2.24. The van der Waals surface area contributed by atoms with Crippen LogP contribution in [0.5, 0.6) is 0 Å². The van der Waals surface area contributed by atoms with Gasteiger partial charge in [-0.05, 0) is 24.6 Å². The lowest BCUT2D eigenvalue weighted by molar-refractivity contribution is 0.618. The molecular formula is C16H18FN5S. The minimum atomic E-state index is -0.332. The van der Waals surface area contributed by atoms with E-state index in [4.69, 9.17) is 5.26 Å². The Kier molecular flexibility index (Phi) is 4.72. The lowest BCUT2D eigenvalue weighted by Gasteiger charge is -2.23. The van der Waals surface area contributed by atoms with Crippen LogP contribution in [-0.4, -0.2) is 35.5 Å². The first-order valence-corrected chi connectivity index (χ1v) is 8.50. The van der Waals surface area contributed by atoms with Crippen LogP contribution in [0.25, 0.3) is 0 Å². The van der Waals surface area contributed by atoms with Crippen LogP contribution in [0.4, 0.5) is 15.2 Å². The first kappa shape index (κ1) is 15.7. The van der Waals surface area contributed by atoms with Crippen LogP contribution in [0.15, 0.2) is 18.2 Å². The summed E-state index contributed by atoms with van der Waals surface area (Å²) in [7, 11) is 0. The topological polar surface area (TPSA) is 56.1 Å². The van der Waals surface area contributed by atoms with Gasteiger partial charge in [0.15, 0.2) is 0 Å². The SMILES string of the molecule is CCc1nsc(N2CCCN(c3ccc(C#N)cc3F)CC2)n1. The van der Waals surface area contributed by atoms with Crippen molar-refractivity contribution >= 4 is 22.4 Å². The summed E-state index contributed by atoms with van der Waals surface area (Å²) in [5.74, 6) is 0.547. The van der Waals surface area contributed by atoms with Crippen molar-refractivity contribution in [1.82, 2.24) is 9.36 Å². The van der Waals surface area contributed by atoms with Gasteiger partial charge in [0.1, 0.15) is 11.6 Å². The molecule has 0 atom stereocenters. The quantitative estimate of drug-likeness (QED) is 0.865. The number of anilines is 2. The molecule has 0 radical (unpaired) electrons. The van der Waals surface area contributed by atoms with Crippen molar-refractivity contribution in [3.63, 3.8) is 0 Å². The third-order valence-electron chi connectivity index (χ3n) is 3.96. The molecule has 23 heavy (non-hydrogen) atoms. The Labute approximate surface area is 139 Å². The predicted octanol–water partition coefficient (Wildman–Crippen LogP) is 2.83. The molecule has 0 bridgehead atoms. The molecule has 7 heteroatoms. The highest BCUT2D eigenvalue weighted by Gasteiger charge is 2.20. The number of hydrogen-bond donors (Lipinski definition) is 0. The Morgan fingerprint density at radius 1 is 1.26 bits per heavy atom. The summed E-state index contributed by atoms with van der Waals surface area (Å²) < 4.78 is 18.5. The first-order chi connectivity index (χ1) is 11.2. The van der Waals surface area contributed by atoms with E-state index in [0.29, 0.717) is 11.3 Å². The molecule has 1 aliphatic heterocycles. The van der Waals surface area contributed by atoms with Gasteiger partial charge in [0.25, 0.3) is 0 Å². The predicted molar refractivity (Wildman–Crippen MR) is 89.4 cm³/mol. The fourth-order valence-corrected chi connectivity index (χ4v) is 3.50. The van der Waals surface area contributed by atoms with Crippen LogP contribution in [0.1, 0.15) is 24.7 Å². The summed E-state index contributed by atoms with van der Waals surface area (Å²) >= 11 is 1.43. The van der Waals surface area contributed by atoms with E-state index in [0.717, 1.165) is 50.0 Å². The van der Waals surface area contributed by atoms with E-state index in [1.165, 1.54) is 17.6 Å². The molecule has 1 aromatic carbocycles. The number of aromatic nitrogens is 2. The Morgan fingerprint density at radius 2 is 2.04 bits per heavy atom. The van der Waals surface area contributed by atoms with Gasteiger partial charge in [0.2, 0.25) is 5.13 Å². The molecule has 0 amide bonds. The minimum absolute atomic E-state index is 0.332. The van der Waals surface area contributed by atoms with Crippen molar-refractivity contribution < 1.29 is 4.39 Å². The number of benzene rings is 1. The van der Waals surface area contributed by atoms with Gasteiger partial charge in [0.05, 0.1) is 17.3 Å². The van der Waals surface area contributed by atoms with Crippen molar-refractivity contribution in [1.29, 1.82) is 5.26 Å². The number of hydrogen-bond acceptors (Lipinski definition) is 6. The van der Waals surface area contributed by atoms with Gasteiger partial charge < -0.3 is 9.80 Å². The maximum absolute atomic E-state index is 14.2. The van der Waals surface area contributed by atoms with Gasteiger partial charge in [-0.15, -0.1) is 0 Å². The molecule has 3 rings (SSSR count). The molecule has 2 heterocycles. The van der Waals surface area contributed by atoms with Crippen molar-refractivity contribution in [2.24, 2.45) is 0 Å². The van der Waals surface area contributed by atoms with Gasteiger partial charge in [-0.1, -0.05) is 6.92 Å². The van der Waals surface area contributed by atoms with Crippen LogP contribution >= 0.6 is 11.5 Å². The van der Waals surface area contributed by atoms with E-state index in [1.807, 2.05) is 17.9 Å². The second-order valence-corrected chi connectivity index (χ2v) is 6.18. The van der Waals surface area contributed by atoms with Gasteiger partial charge in [0, 0.05) is 44.1 Å². The molecule has 1 aliphatic rings. The molecule has 2 aromatic rings. The van der Waals surface area contributed by atoms with E-state index in [2.05, 4.69) is 14.3 Å². The van der Waals surface area contributed by atoms with Crippen LogP contribution in [0, 0.1) is 17.1 Å². The van der Waals surface area contributed by atoms with Crippen molar-refractivity contribution in [3.8, 4) is 6.07 Å². The highest BCUT2D eigenvalue weighted by molar-refractivity contribution is 7.09. The van der Waals surface area contributed by atoms with Crippen LogP contribution < -0.4 is 9.80 Å². The van der Waals surface area contributed by atoms with E-state index in [9.17, 15) is 4.39 Å². The smallest absolute Gasteiger partial charge is 0.205 e. The lowest BCUT2D eigenvalue weighted by atomic mass is 10.2. The third-order valence-corrected chi connectivity index (χ3v) is 4.77. The van der Waals surface area contributed by atoms with E-state index < -0.39 is 0 Å². The summed E-state index contributed by atoms with van der Waals surface area (Å²) in [6, 6.07) is 6.63. The fourth-order valence-electron chi connectivity index (χ4n) is 2.70. The largest absolute Gasteiger partial charge is 0.367 e. The van der Waals surface area contributed by atoms with Crippen LogP contribution in [0.3, 0.4) is 0 Å². The zero-order valence-electron chi connectivity index (χ0n) is 13.0. The molecular weight excluding hydrogens is 313 g/mol. The standard InChI is InChI=1S/C16H18FN5S/c1-2-15-19-16(23-20-15)22-7-3-6-21(8-9-22)14-5-4-12(11-18)10-13(14)17/h4-5,10H,2-3,6-9H2,1H3. The van der Waals surface area contributed by atoms with Crippen molar-refractivity contribution in [2.75, 3.05) is 36.0 Å². The van der Waals surface area contributed by atoms with Gasteiger partial charge in [-0.3, -0.25) is 0 Å². The monoisotopic (exact) mass is 331 g/mol. The molecule has 1 aromatic heterocycles. The lowest BCUT2D eigenvalue weighted by Crippen LogP contribution is -2.31. The fraction of sp³-hybridized carbons (Fsp3) is 0.438. The Balaban J connectivity index is 1.72. The number of nitrogens with zero attached hydrogens (tertiary/aromatic N) is 5. The number of aryl methyl sites for hydroxylation is 1. The third kappa shape index (κ3) is 3.42. The molecule has 5 nitrogen and oxygen atoms in total. The Bertz CT molecular complexity index is 724. The maximum atomic E-state index is 14.2. The summed E-state index contributed by atoms with van der Waals surface area (Å²) in [5, 5.41) is 9.79. The Morgan fingerprint density at radius 3 is 2.74 bits per heavy atom. The van der Waals surface area contributed by atoms with Crippen LogP contribution in [-0.2, 0) is 6.42 Å². The normalized spacial score (nSPS) is 15.3. The zero-order valence-corrected chi connectivity index (χ0v) is 13.8. The first-order valence-electron chi connectivity index (χ1n) is 7.73. The van der Waals surface area contributed by atoms with Gasteiger partial charge in [-0.2, -0.15) is 9.64 Å². The van der Waals surface area contributed by atoms with E-state index in [-0.39, 0.29) is 5.82 Å². The van der Waals surface area contributed by atoms with Crippen LogP contribution in [0.2, 0.25) is 0 Å². The molecule has 0 unspecified atom stereocenters. The number of halogens is 1. The highest BCUT2D eigenvalue weighted by atomic mass is 32.1. The average molecular weight is 331 g/mol. The van der Waals surface area contributed by atoms with Crippen molar-refractivity contribution in [2.45, 2.75) is 19.8 Å². The average Bonchev–Trinajstić information content (AvgIpc) is 2.92. The molecule has 1 saturated heterocycles. The molecule has 0 aliphatic carbocycles. The van der Waals surface area contributed by atoms with Gasteiger partial charge >= 0.3 is 0 Å². The number of rotatable bonds is 3. The zero-order chi connectivity index (χ0) is 16.2. The number of nitriles is 1. The summed E-state index contributed by atoms with van der Waals surface area (Å²) in [4.78, 5) is 8.80. The molecule has 0 saturated carbocycles. The summed E-state index contributed by atoms with van der Waals surface area (Å²) in [5.41, 5.74) is 0.918. The molecule has 120 valence electrons.